The highest BCUT2D eigenvalue weighted by molar-refractivity contribution is 5.83. The van der Waals surface area contributed by atoms with Crippen LogP contribution in [0, 0.1) is 17.8 Å². The molecule has 6 unspecified atom stereocenters. The predicted molar refractivity (Wildman–Crippen MR) is 182 cm³/mol. The van der Waals surface area contributed by atoms with Crippen molar-refractivity contribution >= 4 is 48.3 Å². The molecule has 2 aromatic carbocycles. The topological polar surface area (TPSA) is 227 Å². The summed E-state index contributed by atoms with van der Waals surface area (Å²) in [5.74, 6) is -4.83. The average Bonchev–Trinajstić information content (AvgIpc) is 3.06. The summed E-state index contributed by atoms with van der Waals surface area (Å²) in [7, 11) is 0. The van der Waals surface area contributed by atoms with E-state index in [1.165, 1.54) is 30.3 Å². The van der Waals surface area contributed by atoms with Crippen LogP contribution >= 0.6 is 0 Å². The molecule has 6 atom stereocenters. The van der Waals surface area contributed by atoms with Crippen LogP contribution in [0.25, 0.3) is 12.2 Å². The molecule has 15 heteroatoms. The number of aliphatic carboxylic acids is 3. The molecule has 0 fully saturated rings. The Morgan fingerprint density at radius 1 is 0.540 bits per heavy atom. The van der Waals surface area contributed by atoms with E-state index in [1.807, 2.05) is 0 Å². The standard InChI is InChI=1S/C35H45N3O12/c1-7-19(4)27(30(39)40)36-33(45)48-24-14-12-22(13-15-24)10-11-23-16-25(49-34(46)37-28(31(41)42)20(5)8-2)18-26(17-23)50-35(47)38-29(32(43)44)21(6)9-3/h10-21,27-29H,7-9H2,1-6H3,(H,36,45)(H,37,46)(H,38,47)(H,39,40)(H,41,42)(H,43,44)/b11-10+. The minimum Gasteiger partial charge on any atom is -0.480 e. The van der Waals surface area contributed by atoms with Crippen LogP contribution in [0.15, 0.2) is 42.5 Å². The monoisotopic (exact) mass is 699 g/mol. The molecule has 2 rings (SSSR count). The van der Waals surface area contributed by atoms with Crippen LogP contribution in [-0.2, 0) is 14.4 Å². The highest BCUT2D eigenvalue weighted by Gasteiger charge is 2.28. The van der Waals surface area contributed by atoms with Gasteiger partial charge in [-0.15, -0.1) is 0 Å². The van der Waals surface area contributed by atoms with E-state index in [9.17, 15) is 44.1 Å². The molecule has 3 amide bonds. The Labute approximate surface area is 290 Å². The van der Waals surface area contributed by atoms with Gasteiger partial charge in [0.2, 0.25) is 0 Å². The van der Waals surface area contributed by atoms with Gasteiger partial charge in [-0.1, -0.05) is 85.1 Å². The van der Waals surface area contributed by atoms with Gasteiger partial charge in [-0.25, -0.2) is 28.8 Å². The number of rotatable bonds is 17. The van der Waals surface area contributed by atoms with Crippen molar-refractivity contribution < 1.29 is 58.3 Å². The van der Waals surface area contributed by atoms with Gasteiger partial charge < -0.3 is 45.5 Å². The van der Waals surface area contributed by atoms with Crippen molar-refractivity contribution in [3.8, 4) is 17.2 Å². The first-order valence-corrected chi connectivity index (χ1v) is 16.1. The lowest BCUT2D eigenvalue weighted by Gasteiger charge is -2.20. The van der Waals surface area contributed by atoms with Crippen LogP contribution in [0.5, 0.6) is 17.2 Å². The summed E-state index contributed by atoms with van der Waals surface area (Å²) < 4.78 is 15.9. The van der Waals surface area contributed by atoms with Gasteiger partial charge in [0.05, 0.1) is 0 Å². The number of carboxylic acids is 3. The second-order valence-corrected chi connectivity index (χ2v) is 11.8. The van der Waals surface area contributed by atoms with Crippen LogP contribution in [0.2, 0.25) is 0 Å². The van der Waals surface area contributed by atoms with Crippen LogP contribution in [-0.4, -0.2) is 69.6 Å². The SMILES string of the molecule is CCC(C)C(NC(=O)Oc1ccc(/C=C/c2cc(OC(=O)NC(C(=O)O)C(C)CC)cc(OC(=O)NC(C(=O)O)C(C)CC)c2)cc1)C(=O)O. The second kappa shape index (κ2) is 19.4. The molecule has 0 radical (unpaired) electrons. The molecule has 0 spiro atoms. The van der Waals surface area contributed by atoms with E-state index in [4.69, 9.17) is 14.2 Å². The van der Waals surface area contributed by atoms with Gasteiger partial charge in [-0.05, 0) is 53.1 Å². The van der Waals surface area contributed by atoms with E-state index in [1.54, 1.807) is 65.8 Å². The Kier molecular flexibility index (Phi) is 15.8. The van der Waals surface area contributed by atoms with Gasteiger partial charge in [0.1, 0.15) is 35.4 Å². The summed E-state index contributed by atoms with van der Waals surface area (Å²) in [5.41, 5.74) is 0.997. The summed E-state index contributed by atoms with van der Waals surface area (Å²) in [6.07, 6.45) is 1.67. The lowest BCUT2D eigenvalue weighted by molar-refractivity contribution is -0.141. The molecule has 0 aliphatic rings. The minimum atomic E-state index is -1.24. The number of hydrogen-bond acceptors (Lipinski definition) is 9. The number of carboxylic acid groups (broad SMARTS) is 3. The number of carbonyl (C=O) groups is 6. The Hall–Kier alpha value is -5.60. The molecule has 0 heterocycles. The van der Waals surface area contributed by atoms with Gasteiger partial charge in [0.15, 0.2) is 0 Å². The lowest BCUT2D eigenvalue weighted by atomic mass is 10.00. The van der Waals surface area contributed by atoms with Crippen LogP contribution < -0.4 is 30.2 Å². The van der Waals surface area contributed by atoms with Crippen molar-refractivity contribution in [2.45, 2.75) is 78.9 Å². The third-order valence-electron chi connectivity index (χ3n) is 8.14. The molecular formula is C35H45N3O12. The molecule has 0 bridgehead atoms. The second-order valence-electron chi connectivity index (χ2n) is 11.8. The molecule has 6 N–H and O–H groups in total. The van der Waals surface area contributed by atoms with Gasteiger partial charge in [0, 0.05) is 6.07 Å². The fourth-order valence-corrected chi connectivity index (χ4v) is 4.49. The molecule has 15 nitrogen and oxygen atoms in total. The first-order chi connectivity index (χ1) is 23.6. The quantitative estimate of drug-likeness (QED) is 0.111. The summed E-state index contributed by atoms with van der Waals surface area (Å²) in [4.78, 5) is 72.5. The van der Waals surface area contributed by atoms with Crippen LogP contribution in [0.3, 0.4) is 0 Å². The molecule has 272 valence electrons. The summed E-state index contributed by atoms with van der Waals surface area (Å²) in [5, 5.41) is 35.4. The Morgan fingerprint density at radius 2 is 0.860 bits per heavy atom. The van der Waals surface area contributed by atoms with Gasteiger partial charge >= 0.3 is 36.2 Å². The molecule has 0 aromatic heterocycles. The number of benzene rings is 2. The van der Waals surface area contributed by atoms with Crippen molar-refractivity contribution in [3.05, 3.63) is 53.6 Å². The predicted octanol–water partition coefficient (Wildman–Crippen LogP) is 5.62. The number of hydrogen-bond donors (Lipinski definition) is 6. The lowest BCUT2D eigenvalue weighted by Crippen LogP contribution is -2.46. The molecule has 2 aromatic rings. The van der Waals surface area contributed by atoms with Gasteiger partial charge in [-0.2, -0.15) is 0 Å². The normalized spacial score (nSPS) is 14.6. The summed E-state index contributed by atoms with van der Waals surface area (Å²) >= 11 is 0. The van der Waals surface area contributed by atoms with E-state index in [0.717, 1.165) is 0 Å². The number of ether oxygens (including phenoxy) is 3. The van der Waals surface area contributed by atoms with Gasteiger partial charge in [0.25, 0.3) is 0 Å². The van der Waals surface area contributed by atoms with E-state index in [2.05, 4.69) is 16.0 Å². The summed E-state index contributed by atoms with van der Waals surface area (Å²) in [6, 6.07) is 6.73. The Balaban J connectivity index is 2.30. The number of amides is 3. The van der Waals surface area contributed by atoms with E-state index in [0.29, 0.717) is 30.4 Å². The smallest absolute Gasteiger partial charge is 0.413 e. The van der Waals surface area contributed by atoms with E-state index in [-0.39, 0.29) is 23.2 Å². The minimum absolute atomic E-state index is 0.107. The highest BCUT2D eigenvalue weighted by atomic mass is 16.6. The van der Waals surface area contributed by atoms with Gasteiger partial charge in [-0.3, -0.25) is 0 Å². The zero-order chi connectivity index (χ0) is 37.5. The molecule has 50 heavy (non-hydrogen) atoms. The van der Waals surface area contributed by atoms with Crippen molar-refractivity contribution in [2.75, 3.05) is 0 Å². The molecule has 0 saturated carbocycles. The Morgan fingerprint density at radius 3 is 1.18 bits per heavy atom. The third kappa shape index (κ3) is 12.8. The van der Waals surface area contributed by atoms with Crippen molar-refractivity contribution in [1.29, 1.82) is 0 Å². The highest BCUT2D eigenvalue weighted by Crippen LogP contribution is 2.26. The van der Waals surface area contributed by atoms with Crippen molar-refractivity contribution in [1.82, 2.24) is 16.0 Å². The third-order valence-corrected chi connectivity index (χ3v) is 8.14. The maximum Gasteiger partial charge on any atom is 0.413 e. The molecule has 0 aliphatic carbocycles. The number of carbonyl (C=O) groups excluding carboxylic acids is 3. The van der Waals surface area contributed by atoms with Crippen LogP contribution in [0.1, 0.15) is 71.9 Å². The van der Waals surface area contributed by atoms with Crippen molar-refractivity contribution in [2.24, 2.45) is 17.8 Å². The molecule has 0 aliphatic heterocycles. The zero-order valence-electron chi connectivity index (χ0n) is 28.8. The Bertz CT molecular complexity index is 1480. The summed E-state index contributed by atoms with van der Waals surface area (Å²) in [6.45, 7) is 10.4. The average molecular weight is 700 g/mol. The van der Waals surface area contributed by atoms with E-state index < -0.39 is 66.1 Å². The van der Waals surface area contributed by atoms with Crippen molar-refractivity contribution in [3.63, 3.8) is 0 Å². The van der Waals surface area contributed by atoms with Crippen LogP contribution in [0.4, 0.5) is 14.4 Å². The largest absolute Gasteiger partial charge is 0.480 e. The molecular weight excluding hydrogens is 654 g/mol. The fourth-order valence-electron chi connectivity index (χ4n) is 4.49. The first-order valence-electron chi connectivity index (χ1n) is 16.1. The fraction of sp³-hybridized carbons (Fsp3) is 0.429. The van der Waals surface area contributed by atoms with E-state index >= 15 is 0 Å². The zero-order valence-corrected chi connectivity index (χ0v) is 28.8. The first kappa shape index (κ1) is 40.6. The maximum atomic E-state index is 12.7. The number of nitrogens with one attached hydrogen (secondary N) is 3. The maximum absolute atomic E-state index is 12.7. The molecule has 0 saturated heterocycles.